The van der Waals surface area contributed by atoms with Gasteiger partial charge in [0.1, 0.15) is 27.3 Å². The lowest BCUT2D eigenvalue weighted by Gasteiger charge is -2.13. The third kappa shape index (κ3) is 3.45. The highest BCUT2D eigenvalue weighted by molar-refractivity contribution is 7.03. The molecule has 2 nitrogen and oxygen atoms in total. The molecular weight excluding hydrogens is 232 g/mol. The number of hydrogen-bond acceptors (Lipinski definition) is 2. The number of carbonyl (C=O) groups excluding carboxylic acids is 1. The van der Waals surface area contributed by atoms with Crippen LogP contribution in [-0.4, -0.2) is 21.6 Å². The van der Waals surface area contributed by atoms with Gasteiger partial charge in [0, 0.05) is 0 Å². The van der Waals surface area contributed by atoms with Gasteiger partial charge in [0.05, 0.1) is 11.8 Å². The van der Waals surface area contributed by atoms with E-state index < -0.39 is 16.1 Å². The summed E-state index contributed by atoms with van der Waals surface area (Å²) in [5, 5.41) is 1.45. The first-order chi connectivity index (χ1) is 7.10. The Bertz CT molecular complexity index is 380. The summed E-state index contributed by atoms with van der Waals surface area (Å²) in [6.45, 7) is 13.0. The van der Waals surface area contributed by atoms with Crippen LogP contribution in [0.3, 0.4) is 0 Å². The predicted octanol–water partition coefficient (Wildman–Crippen LogP) is 2.81. The van der Waals surface area contributed by atoms with Crippen LogP contribution < -0.4 is 5.38 Å². The van der Waals surface area contributed by atoms with Crippen LogP contribution in [0.25, 0.3) is 0 Å². The fourth-order valence-electron chi connectivity index (χ4n) is 1.30. The van der Waals surface area contributed by atoms with Crippen LogP contribution in [0.1, 0.15) is 5.76 Å². The lowest BCUT2D eigenvalue weighted by Crippen LogP contribution is -2.36. The van der Waals surface area contributed by atoms with Crippen LogP contribution in [0.2, 0.25) is 39.3 Å². The first-order valence-corrected chi connectivity index (χ1v) is 12.7. The minimum absolute atomic E-state index is 0.365. The van der Waals surface area contributed by atoms with Gasteiger partial charge in [-0.1, -0.05) is 39.3 Å². The molecule has 0 saturated heterocycles. The van der Waals surface area contributed by atoms with Crippen LogP contribution in [0.15, 0.2) is 16.5 Å². The summed E-state index contributed by atoms with van der Waals surface area (Å²) in [7, 11) is -3.04. The molecule has 0 aliphatic heterocycles. The summed E-state index contributed by atoms with van der Waals surface area (Å²) in [6, 6.07) is 4.00. The van der Waals surface area contributed by atoms with Gasteiger partial charge in [-0.3, -0.25) is 0 Å². The monoisotopic (exact) mass is 254 g/mol. The van der Waals surface area contributed by atoms with E-state index in [2.05, 4.69) is 39.3 Å². The van der Waals surface area contributed by atoms with Crippen LogP contribution >= 0.6 is 0 Å². The number of hydrogen-bond donors (Lipinski definition) is 0. The maximum atomic E-state index is 11.9. The fraction of sp³-hybridized carbons (Fsp3) is 0.583. The SMILES string of the molecule is C[Si](C)(C)C(=O)Cc1ccc([Si](C)(C)C)o1. The van der Waals surface area contributed by atoms with Gasteiger partial charge in [-0.2, -0.15) is 0 Å². The molecule has 0 spiro atoms. The van der Waals surface area contributed by atoms with Crippen molar-refractivity contribution in [2.24, 2.45) is 0 Å². The third-order valence-corrected chi connectivity index (χ3v) is 6.17. The molecule has 1 heterocycles. The van der Waals surface area contributed by atoms with Gasteiger partial charge < -0.3 is 9.21 Å². The second kappa shape index (κ2) is 4.33. The average molecular weight is 254 g/mol. The standard InChI is InChI=1S/C12H22O2Si2/c1-15(2,3)11(13)9-10-7-8-12(14-10)16(4,5)6/h7-8H,9H2,1-6H3. The van der Waals surface area contributed by atoms with Crippen molar-refractivity contribution >= 4 is 26.9 Å². The molecule has 0 atom stereocenters. The minimum Gasteiger partial charge on any atom is -0.471 e. The van der Waals surface area contributed by atoms with Crippen molar-refractivity contribution in [2.45, 2.75) is 45.7 Å². The zero-order chi connectivity index (χ0) is 12.6. The number of rotatable bonds is 4. The first-order valence-electron chi connectivity index (χ1n) is 5.73. The van der Waals surface area contributed by atoms with Gasteiger partial charge in [0.25, 0.3) is 0 Å². The summed E-state index contributed by atoms with van der Waals surface area (Å²) in [6.07, 6.45) is 0.472. The Morgan fingerprint density at radius 3 is 2.06 bits per heavy atom. The fourth-order valence-corrected chi connectivity index (χ4v) is 3.02. The molecule has 0 amide bonds. The Labute approximate surface area is 100 Å². The maximum absolute atomic E-state index is 11.9. The predicted molar refractivity (Wildman–Crippen MR) is 73.7 cm³/mol. The van der Waals surface area contributed by atoms with E-state index >= 15 is 0 Å². The number of furan rings is 1. The van der Waals surface area contributed by atoms with Crippen LogP contribution in [0.4, 0.5) is 0 Å². The van der Waals surface area contributed by atoms with E-state index in [-0.39, 0.29) is 0 Å². The van der Waals surface area contributed by atoms with Gasteiger partial charge in [-0.05, 0) is 12.1 Å². The largest absolute Gasteiger partial charge is 0.471 e. The Morgan fingerprint density at radius 1 is 1.12 bits per heavy atom. The molecule has 16 heavy (non-hydrogen) atoms. The van der Waals surface area contributed by atoms with Gasteiger partial charge in [-0.15, -0.1) is 0 Å². The van der Waals surface area contributed by atoms with Gasteiger partial charge in [0.2, 0.25) is 0 Å². The molecule has 1 rings (SSSR count). The highest BCUT2D eigenvalue weighted by Crippen LogP contribution is 2.11. The lowest BCUT2D eigenvalue weighted by atomic mass is 10.3. The Morgan fingerprint density at radius 2 is 1.69 bits per heavy atom. The van der Waals surface area contributed by atoms with Crippen molar-refractivity contribution in [1.82, 2.24) is 0 Å². The van der Waals surface area contributed by atoms with Crippen molar-refractivity contribution in [3.63, 3.8) is 0 Å². The summed E-state index contributed by atoms with van der Waals surface area (Å²) in [5.41, 5.74) is 0. The first kappa shape index (κ1) is 13.4. The Balaban J connectivity index is 2.78. The molecule has 0 unspecified atom stereocenters. The molecular formula is C12H22O2Si2. The Hall–Kier alpha value is -0.616. The molecule has 0 radical (unpaired) electrons. The van der Waals surface area contributed by atoms with Crippen molar-refractivity contribution in [3.05, 3.63) is 17.9 Å². The van der Waals surface area contributed by atoms with E-state index in [0.29, 0.717) is 11.8 Å². The zero-order valence-corrected chi connectivity index (χ0v) is 13.2. The van der Waals surface area contributed by atoms with Crippen molar-refractivity contribution in [3.8, 4) is 0 Å². The molecule has 0 aliphatic rings. The minimum atomic E-state index is -1.67. The molecule has 0 fully saturated rings. The van der Waals surface area contributed by atoms with E-state index in [1.165, 1.54) is 0 Å². The summed E-state index contributed by atoms with van der Waals surface area (Å²) < 4.78 is 5.78. The van der Waals surface area contributed by atoms with Gasteiger partial charge in [-0.25, -0.2) is 0 Å². The molecule has 0 aliphatic carbocycles. The lowest BCUT2D eigenvalue weighted by molar-refractivity contribution is -0.112. The summed E-state index contributed by atoms with van der Waals surface area (Å²) in [5.74, 6) is 0.838. The quantitative estimate of drug-likeness (QED) is 0.774. The van der Waals surface area contributed by atoms with Gasteiger partial charge in [0.15, 0.2) is 0 Å². The second-order valence-corrected chi connectivity index (χ2v) is 16.4. The summed E-state index contributed by atoms with van der Waals surface area (Å²) >= 11 is 0. The molecule has 0 N–H and O–H groups in total. The summed E-state index contributed by atoms with van der Waals surface area (Å²) in [4.78, 5) is 11.9. The molecule has 4 heteroatoms. The molecule has 1 aromatic rings. The van der Waals surface area contributed by atoms with E-state index in [4.69, 9.17) is 4.42 Å². The normalized spacial score (nSPS) is 12.9. The van der Waals surface area contributed by atoms with Crippen molar-refractivity contribution in [1.29, 1.82) is 0 Å². The van der Waals surface area contributed by atoms with E-state index in [9.17, 15) is 4.79 Å². The molecule has 0 aromatic carbocycles. The molecule has 0 bridgehead atoms. The van der Waals surface area contributed by atoms with Gasteiger partial charge >= 0.3 is 0 Å². The van der Waals surface area contributed by atoms with Crippen molar-refractivity contribution in [2.75, 3.05) is 0 Å². The second-order valence-electron chi connectivity index (χ2n) is 6.37. The van der Waals surface area contributed by atoms with Crippen LogP contribution in [-0.2, 0) is 11.2 Å². The zero-order valence-electron chi connectivity index (χ0n) is 11.2. The van der Waals surface area contributed by atoms with E-state index in [1.807, 2.05) is 12.1 Å². The number of carbonyl (C=O) groups is 1. The highest BCUT2D eigenvalue weighted by Gasteiger charge is 2.26. The van der Waals surface area contributed by atoms with Crippen molar-refractivity contribution < 1.29 is 9.21 Å². The molecule has 0 saturated carbocycles. The van der Waals surface area contributed by atoms with Crippen LogP contribution in [0.5, 0.6) is 0 Å². The highest BCUT2D eigenvalue weighted by atomic mass is 28.3. The Kier molecular flexibility index (Phi) is 3.64. The smallest absolute Gasteiger partial charge is 0.124 e. The third-order valence-electron chi connectivity index (χ3n) is 2.57. The average Bonchev–Trinajstić information content (AvgIpc) is 2.49. The van der Waals surface area contributed by atoms with Crippen LogP contribution in [0, 0.1) is 0 Å². The topological polar surface area (TPSA) is 30.2 Å². The molecule has 1 aromatic heterocycles. The molecule has 90 valence electrons. The van der Waals surface area contributed by atoms with E-state index in [1.54, 1.807) is 0 Å². The van der Waals surface area contributed by atoms with E-state index in [0.717, 1.165) is 11.1 Å². The maximum Gasteiger partial charge on any atom is 0.124 e.